The van der Waals surface area contributed by atoms with E-state index in [2.05, 4.69) is 4.98 Å². The zero-order chi connectivity index (χ0) is 11.6. The van der Waals surface area contributed by atoms with Crippen LogP contribution in [0.3, 0.4) is 0 Å². The highest BCUT2D eigenvalue weighted by Gasteiger charge is 2.35. The van der Waals surface area contributed by atoms with Gasteiger partial charge in [-0.15, -0.1) is 0 Å². The fraction of sp³-hybridized carbons (Fsp3) is 0.250. The number of hydrogen-bond acceptors (Lipinski definition) is 2. The Hall–Kier alpha value is -0.860. The minimum Gasteiger partial charge on any atom is -0.481 e. The molecule has 0 saturated heterocycles. The third-order valence-electron chi connectivity index (χ3n) is 1.56. The summed E-state index contributed by atoms with van der Waals surface area (Å²) in [6.07, 6.45) is -5.30. The Bertz CT molecular complexity index is 392. The molecule has 7 heteroatoms. The molecule has 0 radical (unpaired) electrons. The lowest BCUT2D eigenvalue weighted by Gasteiger charge is -2.10. The zero-order valence-corrected chi connectivity index (χ0v) is 9.33. The predicted octanol–water partition coefficient (Wildman–Crippen LogP) is 2.33. The Labute approximate surface area is 96.5 Å². The average Bonchev–Trinajstić information content (AvgIpc) is 2.05. The normalized spacial score (nSPS) is 11.5. The molecule has 0 aliphatic carbocycles. The fourth-order valence-electron chi connectivity index (χ4n) is 1.02. The predicted molar refractivity (Wildman–Crippen MR) is 53.3 cm³/mol. The Balaban J connectivity index is 3.20. The van der Waals surface area contributed by atoms with Crippen LogP contribution in [-0.4, -0.2) is 16.1 Å². The van der Waals surface area contributed by atoms with Crippen LogP contribution in [0.4, 0.5) is 13.2 Å². The summed E-state index contributed by atoms with van der Waals surface area (Å²) in [7, 11) is 0. The van der Waals surface area contributed by atoms with Gasteiger partial charge < -0.3 is 5.11 Å². The number of hydrogen-bond donors (Lipinski definition) is 1. The smallest absolute Gasteiger partial charge is 0.433 e. The molecule has 15 heavy (non-hydrogen) atoms. The first-order valence-corrected chi connectivity index (χ1v) is 4.83. The molecule has 0 atom stereocenters. The number of carbonyl (C=O) groups is 1. The van der Waals surface area contributed by atoms with Crippen LogP contribution in [0.2, 0.25) is 0 Å². The van der Waals surface area contributed by atoms with Gasteiger partial charge in [0.2, 0.25) is 0 Å². The first-order chi connectivity index (χ1) is 6.80. The zero-order valence-electron chi connectivity index (χ0n) is 7.18. The van der Waals surface area contributed by atoms with Crippen molar-refractivity contribution in [2.45, 2.75) is 12.6 Å². The Kier molecular flexibility index (Phi) is 3.53. The van der Waals surface area contributed by atoms with E-state index in [1.54, 1.807) is 22.6 Å². The van der Waals surface area contributed by atoms with Crippen molar-refractivity contribution in [3.8, 4) is 0 Å². The average molecular weight is 331 g/mol. The maximum absolute atomic E-state index is 12.4. The van der Waals surface area contributed by atoms with Gasteiger partial charge in [0.15, 0.2) is 0 Å². The van der Waals surface area contributed by atoms with E-state index in [-0.39, 0.29) is 9.26 Å². The molecule has 0 aliphatic heterocycles. The van der Waals surface area contributed by atoms with Crippen LogP contribution in [0.1, 0.15) is 11.3 Å². The summed E-state index contributed by atoms with van der Waals surface area (Å²) in [5.41, 5.74) is -1.45. The molecule has 82 valence electrons. The minimum atomic E-state index is -4.62. The Morgan fingerprint density at radius 1 is 1.47 bits per heavy atom. The van der Waals surface area contributed by atoms with E-state index < -0.39 is 24.3 Å². The van der Waals surface area contributed by atoms with Crippen molar-refractivity contribution in [1.82, 2.24) is 4.98 Å². The summed E-state index contributed by atoms with van der Waals surface area (Å²) in [4.78, 5) is 13.6. The summed E-state index contributed by atoms with van der Waals surface area (Å²) < 4.78 is 37.4. The van der Waals surface area contributed by atoms with Gasteiger partial charge in [-0.25, -0.2) is 4.98 Å². The van der Waals surface area contributed by atoms with Crippen molar-refractivity contribution < 1.29 is 23.1 Å². The molecule has 0 fully saturated rings. The monoisotopic (exact) mass is 331 g/mol. The molecule has 3 nitrogen and oxygen atoms in total. The van der Waals surface area contributed by atoms with E-state index >= 15 is 0 Å². The van der Waals surface area contributed by atoms with Crippen LogP contribution in [0.5, 0.6) is 0 Å². The first-order valence-electron chi connectivity index (χ1n) is 3.75. The van der Waals surface area contributed by atoms with Crippen LogP contribution in [0.25, 0.3) is 0 Å². The SMILES string of the molecule is O=C(O)Cc1ccc(I)nc1C(F)(F)F. The number of aliphatic carboxylic acids is 1. The van der Waals surface area contributed by atoms with Crippen molar-refractivity contribution in [2.75, 3.05) is 0 Å². The largest absolute Gasteiger partial charge is 0.481 e. The van der Waals surface area contributed by atoms with E-state index in [1.165, 1.54) is 6.07 Å². The molecule has 1 heterocycles. The number of nitrogens with zero attached hydrogens (tertiary/aromatic N) is 1. The van der Waals surface area contributed by atoms with Crippen molar-refractivity contribution in [1.29, 1.82) is 0 Å². The number of carboxylic acid groups (broad SMARTS) is 1. The highest BCUT2D eigenvalue weighted by Crippen LogP contribution is 2.31. The Morgan fingerprint density at radius 3 is 2.53 bits per heavy atom. The molecule has 0 unspecified atom stereocenters. The van der Waals surface area contributed by atoms with Crippen molar-refractivity contribution in [3.63, 3.8) is 0 Å². The van der Waals surface area contributed by atoms with Crippen LogP contribution < -0.4 is 0 Å². The summed E-state index contributed by atoms with van der Waals surface area (Å²) in [5, 5.41) is 8.43. The molecule has 0 aliphatic rings. The lowest BCUT2D eigenvalue weighted by Crippen LogP contribution is -2.15. The van der Waals surface area contributed by atoms with Crippen molar-refractivity contribution in [3.05, 3.63) is 27.1 Å². The maximum Gasteiger partial charge on any atom is 0.433 e. The number of pyridine rings is 1. The molecule has 1 aromatic rings. The van der Waals surface area contributed by atoms with E-state index in [4.69, 9.17) is 5.11 Å². The van der Waals surface area contributed by atoms with E-state index in [9.17, 15) is 18.0 Å². The molecule has 0 saturated carbocycles. The standard InChI is InChI=1S/C8H5F3INO2/c9-8(10,11)7-4(3-6(14)15)1-2-5(12)13-7/h1-2H,3H2,(H,14,15). The van der Waals surface area contributed by atoms with Gasteiger partial charge in [0.05, 0.1) is 6.42 Å². The Morgan fingerprint density at radius 2 is 2.07 bits per heavy atom. The number of carboxylic acids is 1. The van der Waals surface area contributed by atoms with Gasteiger partial charge in [-0.1, -0.05) is 6.07 Å². The number of aromatic nitrogens is 1. The van der Waals surface area contributed by atoms with Crippen molar-refractivity contribution in [2.24, 2.45) is 0 Å². The lowest BCUT2D eigenvalue weighted by molar-refractivity contribution is -0.142. The molecular formula is C8H5F3INO2. The molecule has 1 rings (SSSR count). The fourth-order valence-corrected chi connectivity index (χ4v) is 1.44. The van der Waals surface area contributed by atoms with E-state index in [0.29, 0.717) is 0 Å². The number of alkyl halides is 3. The van der Waals surface area contributed by atoms with E-state index in [0.717, 1.165) is 6.07 Å². The quantitative estimate of drug-likeness (QED) is 0.669. The number of rotatable bonds is 2. The van der Waals surface area contributed by atoms with E-state index in [1.807, 2.05) is 0 Å². The van der Waals surface area contributed by atoms with Gasteiger partial charge in [-0.3, -0.25) is 4.79 Å². The third-order valence-corrected chi connectivity index (χ3v) is 2.16. The first kappa shape index (κ1) is 12.2. The van der Waals surface area contributed by atoms with Crippen LogP contribution in [-0.2, 0) is 17.4 Å². The van der Waals surface area contributed by atoms with Crippen LogP contribution >= 0.6 is 22.6 Å². The van der Waals surface area contributed by atoms with Gasteiger partial charge in [0, 0.05) is 0 Å². The minimum absolute atomic E-state index is 0.175. The second-order valence-electron chi connectivity index (χ2n) is 2.71. The van der Waals surface area contributed by atoms with Gasteiger partial charge in [0.1, 0.15) is 9.39 Å². The molecular weight excluding hydrogens is 326 g/mol. The molecule has 0 spiro atoms. The van der Waals surface area contributed by atoms with Gasteiger partial charge in [0.25, 0.3) is 0 Å². The molecule has 0 aromatic carbocycles. The molecule has 0 amide bonds. The highest BCUT2D eigenvalue weighted by atomic mass is 127. The summed E-state index contributed by atoms with van der Waals surface area (Å²) in [6.45, 7) is 0. The molecule has 0 bridgehead atoms. The topological polar surface area (TPSA) is 50.2 Å². The summed E-state index contributed by atoms with van der Waals surface area (Å²) in [6, 6.07) is 2.47. The second-order valence-corrected chi connectivity index (χ2v) is 3.82. The third kappa shape index (κ3) is 3.33. The van der Waals surface area contributed by atoms with Gasteiger partial charge >= 0.3 is 12.1 Å². The highest BCUT2D eigenvalue weighted by molar-refractivity contribution is 14.1. The van der Waals surface area contributed by atoms with Crippen molar-refractivity contribution >= 4 is 28.6 Å². The maximum atomic E-state index is 12.4. The van der Waals surface area contributed by atoms with Crippen LogP contribution in [0, 0.1) is 3.70 Å². The van der Waals surface area contributed by atoms with Gasteiger partial charge in [-0.2, -0.15) is 13.2 Å². The van der Waals surface area contributed by atoms with Gasteiger partial charge in [-0.05, 0) is 34.2 Å². The molecule has 1 N–H and O–H groups in total. The second kappa shape index (κ2) is 4.33. The summed E-state index contributed by atoms with van der Waals surface area (Å²) >= 11 is 1.64. The number of halogens is 4. The van der Waals surface area contributed by atoms with Crippen LogP contribution in [0.15, 0.2) is 12.1 Å². The summed E-state index contributed by atoms with van der Waals surface area (Å²) in [5.74, 6) is -1.32. The molecule has 1 aromatic heterocycles. The lowest BCUT2D eigenvalue weighted by atomic mass is 10.1.